The molecule has 2 N–H and O–H groups in total. The molecule has 0 saturated carbocycles. The van der Waals surface area contributed by atoms with E-state index in [9.17, 15) is 0 Å². The lowest BCUT2D eigenvalue weighted by Gasteiger charge is -2.32. The third-order valence-electron chi connectivity index (χ3n) is 4.16. The Morgan fingerprint density at radius 2 is 1.73 bits per heavy atom. The van der Waals surface area contributed by atoms with Gasteiger partial charge in [0.15, 0.2) is 0 Å². The molecule has 0 bridgehead atoms. The van der Waals surface area contributed by atoms with Crippen molar-refractivity contribution in [3.8, 4) is 11.3 Å². The highest BCUT2D eigenvalue weighted by atomic mass is 15.3. The van der Waals surface area contributed by atoms with Crippen LogP contribution in [0.2, 0.25) is 0 Å². The van der Waals surface area contributed by atoms with E-state index in [-0.39, 0.29) is 6.04 Å². The van der Waals surface area contributed by atoms with Crippen LogP contribution in [0.4, 0.5) is 5.95 Å². The fourth-order valence-electron chi connectivity index (χ4n) is 2.63. The molecule has 1 unspecified atom stereocenters. The zero-order chi connectivity index (χ0) is 15.5. The minimum absolute atomic E-state index is 0.0559. The summed E-state index contributed by atoms with van der Waals surface area (Å²) in [4.78, 5) is 13.7. The van der Waals surface area contributed by atoms with Gasteiger partial charge >= 0.3 is 0 Å². The van der Waals surface area contributed by atoms with Gasteiger partial charge in [-0.15, -0.1) is 0 Å². The Balaban J connectivity index is 1.81. The van der Waals surface area contributed by atoms with E-state index >= 15 is 0 Å². The Bertz CT molecular complexity index is 615. The Hall–Kier alpha value is -1.98. The number of nitrogens with two attached hydrogens (primary N) is 1. The minimum atomic E-state index is 0.0559. The number of rotatable bonds is 3. The molecule has 0 aliphatic carbocycles. The van der Waals surface area contributed by atoms with Gasteiger partial charge in [-0.1, -0.05) is 24.3 Å². The molecule has 1 saturated heterocycles. The van der Waals surface area contributed by atoms with E-state index in [0.29, 0.717) is 0 Å². The molecule has 0 radical (unpaired) electrons. The molecular weight excluding hydrogens is 274 g/mol. The van der Waals surface area contributed by atoms with Crippen LogP contribution in [0.15, 0.2) is 36.5 Å². The number of piperazine rings is 1. The zero-order valence-electron chi connectivity index (χ0n) is 13.2. The molecule has 1 aromatic heterocycles. The zero-order valence-corrected chi connectivity index (χ0v) is 13.2. The van der Waals surface area contributed by atoms with Crippen LogP contribution in [0, 0.1) is 0 Å². The highest BCUT2D eigenvalue weighted by Gasteiger charge is 2.16. The summed E-state index contributed by atoms with van der Waals surface area (Å²) in [5.74, 6) is 0.821. The van der Waals surface area contributed by atoms with E-state index in [1.165, 1.54) is 0 Å². The molecule has 5 nitrogen and oxygen atoms in total. The summed E-state index contributed by atoms with van der Waals surface area (Å²) in [7, 11) is 2.15. The first-order valence-electron chi connectivity index (χ1n) is 7.76. The number of hydrogen-bond donors (Lipinski definition) is 1. The molecule has 1 aromatic carbocycles. The van der Waals surface area contributed by atoms with E-state index in [4.69, 9.17) is 10.7 Å². The van der Waals surface area contributed by atoms with E-state index in [1.54, 1.807) is 0 Å². The summed E-state index contributed by atoms with van der Waals surface area (Å²) < 4.78 is 0. The first kappa shape index (κ1) is 14.9. The quantitative estimate of drug-likeness (QED) is 0.938. The Morgan fingerprint density at radius 1 is 1.05 bits per heavy atom. The van der Waals surface area contributed by atoms with Gasteiger partial charge in [-0.3, -0.25) is 0 Å². The second-order valence-corrected chi connectivity index (χ2v) is 5.94. The molecule has 1 aliphatic rings. The van der Waals surface area contributed by atoms with Crippen LogP contribution in [-0.4, -0.2) is 48.1 Å². The van der Waals surface area contributed by atoms with Crippen molar-refractivity contribution in [2.45, 2.75) is 13.0 Å². The third-order valence-corrected chi connectivity index (χ3v) is 4.16. The van der Waals surface area contributed by atoms with E-state index in [1.807, 2.05) is 19.2 Å². The van der Waals surface area contributed by atoms with Crippen LogP contribution >= 0.6 is 0 Å². The summed E-state index contributed by atoms with van der Waals surface area (Å²) in [6, 6.07) is 10.3. The average molecular weight is 297 g/mol. The van der Waals surface area contributed by atoms with Gasteiger partial charge in [-0.05, 0) is 25.6 Å². The molecular formula is C17H23N5. The van der Waals surface area contributed by atoms with Crippen molar-refractivity contribution in [2.75, 3.05) is 38.1 Å². The lowest BCUT2D eigenvalue weighted by molar-refractivity contribution is 0.311. The van der Waals surface area contributed by atoms with Gasteiger partial charge in [0, 0.05) is 44.0 Å². The van der Waals surface area contributed by atoms with Gasteiger partial charge in [-0.25, -0.2) is 9.97 Å². The molecule has 5 heteroatoms. The predicted octanol–water partition coefficient (Wildman–Crippen LogP) is 1.92. The van der Waals surface area contributed by atoms with E-state index in [2.05, 4.69) is 46.1 Å². The van der Waals surface area contributed by atoms with Crippen LogP contribution in [0.25, 0.3) is 11.3 Å². The van der Waals surface area contributed by atoms with Crippen molar-refractivity contribution in [3.05, 3.63) is 42.1 Å². The lowest BCUT2D eigenvalue weighted by Crippen LogP contribution is -2.45. The molecule has 3 rings (SSSR count). The monoisotopic (exact) mass is 297 g/mol. The Morgan fingerprint density at radius 3 is 2.36 bits per heavy atom. The van der Waals surface area contributed by atoms with E-state index < -0.39 is 0 Å². The van der Waals surface area contributed by atoms with E-state index in [0.717, 1.165) is 48.9 Å². The third kappa shape index (κ3) is 3.26. The molecule has 1 aliphatic heterocycles. The fraction of sp³-hybridized carbons (Fsp3) is 0.412. The van der Waals surface area contributed by atoms with Crippen LogP contribution in [0.1, 0.15) is 18.5 Å². The van der Waals surface area contributed by atoms with Crippen molar-refractivity contribution < 1.29 is 0 Å². The molecule has 116 valence electrons. The summed E-state index contributed by atoms with van der Waals surface area (Å²) in [5.41, 5.74) is 9.09. The fourth-order valence-corrected chi connectivity index (χ4v) is 2.63. The SMILES string of the molecule is CC(N)c1ccc(-c2ccnc(N3CCN(C)CC3)n2)cc1. The topological polar surface area (TPSA) is 58.3 Å². The molecule has 2 heterocycles. The maximum Gasteiger partial charge on any atom is 0.225 e. The minimum Gasteiger partial charge on any atom is -0.338 e. The van der Waals surface area contributed by atoms with Crippen molar-refractivity contribution in [3.63, 3.8) is 0 Å². The highest BCUT2D eigenvalue weighted by molar-refractivity contribution is 5.60. The number of benzene rings is 1. The lowest BCUT2D eigenvalue weighted by atomic mass is 10.1. The Kier molecular flexibility index (Phi) is 4.36. The normalized spacial score (nSPS) is 17.5. The summed E-state index contributed by atoms with van der Waals surface area (Å²) in [5, 5.41) is 0. The molecule has 1 fully saturated rings. The van der Waals surface area contributed by atoms with Crippen molar-refractivity contribution in [2.24, 2.45) is 5.73 Å². The maximum atomic E-state index is 5.90. The second kappa shape index (κ2) is 6.42. The first-order valence-corrected chi connectivity index (χ1v) is 7.76. The molecule has 0 spiro atoms. The maximum absolute atomic E-state index is 5.90. The average Bonchev–Trinajstić information content (AvgIpc) is 2.56. The number of likely N-dealkylation sites (N-methyl/N-ethyl adjacent to an activating group) is 1. The van der Waals surface area contributed by atoms with Gasteiger partial charge in [0.05, 0.1) is 5.69 Å². The smallest absolute Gasteiger partial charge is 0.225 e. The van der Waals surface area contributed by atoms with Crippen molar-refractivity contribution in [1.82, 2.24) is 14.9 Å². The van der Waals surface area contributed by atoms with Crippen LogP contribution in [-0.2, 0) is 0 Å². The van der Waals surface area contributed by atoms with Gasteiger partial charge < -0.3 is 15.5 Å². The number of anilines is 1. The number of aromatic nitrogens is 2. The summed E-state index contributed by atoms with van der Waals surface area (Å²) in [6.07, 6.45) is 1.84. The second-order valence-electron chi connectivity index (χ2n) is 5.94. The largest absolute Gasteiger partial charge is 0.338 e. The van der Waals surface area contributed by atoms with Gasteiger partial charge in [0.2, 0.25) is 5.95 Å². The number of nitrogens with zero attached hydrogens (tertiary/aromatic N) is 4. The molecule has 1 atom stereocenters. The summed E-state index contributed by atoms with van der Waals surface area (Å²) >= 11 is 0. The van der Waals surface area contributed by atoms with Gasteiger partial charge in [0.1, 0.15) is 0 Å². The Labute approximate surface area is 131 Å². The van der Waals surface area contributed by atoms with Crippen LogP contribution < -0.4 is 10.6 Å². The summed E-state index contributed by atoms with van der Waals surface area (Å²) in [6.45, 7) is 6.05. The molecule has 22 heavy (non-hydrogen) atoms. The molecule has 2 aromatic rings. The number of hydrogen-bond acceptors (Lipinski definition) is 5. The van der Waals surface area contributed by atoms with Crippen molar-refractivity contribution in [1.29, 1.82) is 0 Å². The molecule has 0 amide bonds. The van der Waals surface area contributed by atoms with Gasteiger partial charge in [0.25, 0.3) is 0 Å². The van der Waals surface area contributed by atoms with Crippen molar-refractivity contribution >= 4 is 5.95 Å². The highest BCUT2D eigenvalue weighted by Crippen LogP contribution is 2.21. The van der Waals surface area contributed by atoms with Crippen LogP contribution in [0.5, 0.6) is 0 Å². The van der Waals surface area contributed by atoms with Crippen LogP contribution in [0.3, 0.4) is 0 Å². The van der Waals surface area contributed by atoms with Gasteiger partial charge in [-0.2, -0.15) is 0 Å². The standard InChI is InChI=1S/C17H23N5/c1-13(18)14-3-5-15(6-4-14)16-7-8-19-17(20-16)22-11-9-21(2)10-12-22/h3-8,13H,9-12,18H2,1-2H3. The first-order chi connectivity index (χ1) is 10.6. The predicted molar refractivity (Wildman–Crippen MR) is 89.8 cm³/mol.